The van der Waals surface area contributed by atoms with E-state index in [0.29, 0.717) is 11.8 Å². The van der Waals surface area contributed by atoms with E-state index >= 15 is 0 Å². The Hall–Kier alpha value is -7.96. The summed E-state index contributed by atoms with van der Waals surface area (Å²) in [6.07, 6.45) is 0.972. The highest BCUT2D eigenvalue weighted by Gasteiger charge is 2.58. The van der Waals surface area contributed by atoms with Gasteiger partial charge in [0, 0.05) is 50.0 Å². The standard InChI is InChI=1S/C56H42N6/c1-38-37-56(38,41-23-11-4-12-24-41)62(53(57)39-19-7-2-8-20-39)45-33-31-44(32-34-45)59-49-30-18-17-29-46(49)47-35-51-48(36-50(47)59)52-55(60(51)42-25-13-5-14-26-42)58-54(40-21-9-3-10-22-40)61(52)43-27-15-6-16-28-43/h2-36,38,57H,37H2,1H3. The van der Waals surface area contributed by atoms with Crippen LogP contribution in [0, 0.1) is 11.3 Å². The van der Waals surface area contributed by atoms with Crippen molar-refractivity contribution in [1.82, 2.24) is 18.7 Å². The van der Waals surface area contributed by atoms with Crippen LogP contribution < -0.4 is 4.90 Å². The number of rotatable bonds is 8. The Kier molecular flexibility index (Phi) is 8.16. The molecule has 0 radical (unpaired) electrons. The Balaban J connectivity index is 1.10. The maximum atomic E-state index is 9.72. The largest absolute Gasteiger partial charge is 0.316 e. The van der Waals surface area contributed by atoms with Crippen LogP contribution in [0.15, 0.2) is 212 Å². The van der Waals surface area contributed by atoms with E-state index in [1.54, 1.807) is 0 Å². The van der Waals surface area contributed by atoms with Gasteiger partial charge in [0.25, 0.3) is 0 Å². The Morgan fingerprint density at radius 3 is 1.69 bits per heavy atom. The van der Waals surface area contributed by atoms with Gasteiger partial charge in [0.05, 0.1) is 22.1 Å². The van der Waals surface area contributed by atoms with Crippen LogP contribution in [0.1, 0.15) is 24.5 Å². The third kappa shape index (κ3) is 5.43. The quantitative estimate of drug-likeness (QED) is 0.123. The number of nitrogens with zero attached hydrogens (tertiary/aromatic N) is 5. The Morgan fingerprint density at radius 2 is 1.05 bits per heavy atom. The van der Waals surface area contributed by atoms with Gasteiger partial charge < -0.3 is 9.47 Å². The van der Waals surface area contributed by atoms with Crippen molar-refractivity contribution in [1.29, 1.82) is 5.41 Å². The number of aromatic nitrogens is 4. The molecule has 12 rings (SSSR count). The first-order valence-electron chi connectivity index (χ1n) is 21.4. The van der Waals surface area contributed by atoms with Crippen molar-refractivity contribution in [2.24, 2.45) is 5.92 Å². The lowest BCUT2D eigenvalue weighted by atomic mass is 9.98. The highest BCUT2D eigenvalue weighted by atomic mass is 15.3. The molecule has 0 bridgehead atoms. The minimum Gasteiger partial charge on any atom is -0.316 e. The summed E-state index contributed by atoms with van der Waals surface area (Å²) in [5.74, 6) is 1.77. The molecule has 6 nitrogen and oxygen atoms in total. The molecule has 1 saturated carbocycles. The summed E-state index contributed by atoms with van der Waals surface area (Å²) in [7, 11) is 0. The molecule has 0 amide bonds. The first kappa shape index (κ1) is 35.9. The normalized spacial score (nSPS) is 16.0. The van der Waals surface area contributed by atoms with Crippen LogP contribution in [-0.2, 0) is 5.54 Å². The number of para-hydroxylation sites is 3. The van der Waals surface area contributed by atoms with E-state index in [1.807, 2.05) is 30.3 Å². The van der Waals surface area contributed by atoms with Gasteiger partial charge in [-0.2, -0.15) is 0 Å². The summed E-state index contributed by atoms with van der Waals surface area (Å²) in [6, 6.07) is 74.9. The van der Waals surface area contributed by atoms with E-state index in [1.165, 1.54) is 16.3 Å². The monoisotopic (exact) mass is 798 g/mol. The predicted molar refractivity (Wildman–Crippen MR) is 255 cm³/mol. The summed E-state index contributed by atoms with van der Waals surface area (Å²) in [4.78, 5) is 7.78. The van der Waals surface area contributed by atoms with Crippen molar-refractivity contribution in [2.75, 3.05) is 4.90 Å². The molecular weight excluding hydrogens is 757 g/mol. The minimum absolute atomic E-state index is 0.314. The van der Waals surface area contributed by atoms with Crippen LogP contribution >= 0.6 is 0 Å². The van der Waals surface area contributed by atoms with Crippen LogP contribution in [-0.4, -0.2) is 24.5 Å². The fourth-order valence-corrected chi connectivity index (χ4v) is 10.0. The molecule has 3 aromatic heterocycles. The van der Waals surface area contributed by atoms with Crippen molar-refractivity contribution < 1.29 is 0 Å². The van der Waals surface area contributed by atoms with Crippen molar-refractivity contribution in [3.63, 3.8) is 0 Å². The molecule has 296 valence electrons. The Bertz CT molecular complexity index is 3440. The van der Waals surface area contributed by atoms with Crippen LogP contribution in [0.5, 0.6) is 0 Å². The van der Waals surface area contributed by atoms with Crippen molar-refractivity contribution in [2.45, 2.75) is 18.9 Å². The molecule has 1 N–H and O–H groups in total. The molecule has 0 spiro atoms. The fraction of sp³-hybridized carbons (Fsp3) is 0.0714. The van der Waals surface area contributed by atoms with Gasteiger partial charge >= 0.3 is 0 Å². The van der Waals surface area contributed by atoms with E-state index < -0.39 is 0 Å². The maximum Gasteiger partial charge on any atom is 0.165 e. The van der Waals surface area contributed by atoms with E-state index in [0.717, 1.165) is 79.2 Å². The number of amidine groups is 1. The molecule has 11 aromatic rings. The van der Waals surface area contributed by atoms with Gasteiger partial charge in [0.2, 0.25) is 0 Å². The van der Waals surface area contributed by atoms with Crippen molar-refractivity contribution in [3.8, 4) is 28.5 Å². The Morgan fingerprint density at radius 1 is 0.532 bits per heavy atom. The van der Waals surface area contributed by atoms with Crippen LogP contribution in [0.4, 0.5) is 5.69 Å². The van der Waals surface area contributed by atoms with Gasteiger partial charge in [-0.25, -0.2) is 4.98 Å². The molecule has 0 saturated heterocycles. The van der Waals surface area contributed by atoms with Gasteiger partial charge in [-0.3, -0.25) is 14.5 Å². The van der Waals surface area contributed by atoms with Crippen molar-refractivity contribution >= 4 is 55.4 Å². The zero-order chi connectivity index (χ0) is 41.4. The van der Waals surface area contributed by atoms with E-state index in [4.69, 9.17) is 4.98 Å². The zero-order valence-corrected chi connectivity index (χ0v) is 34.2. The maximum absolute atomic E-state index is 9.72. The van der Waals surface area contributed by atoms with Gasteiger partial charge in [0.15, 0.2) is 5.65 Å². The number of hydrogen-bond donors (Lipinski definition) is 1. The topological polar surface area (TPSA) is 54.8 Å². The number of nitrogens with one attached hydrogen (secondary N) is 1. The molecule has 8 aromatic carbocycles. The number of benzene rings is 8. The van der Waals surface area contributed by atoms with Gasteiger partial charge in [-0.05, 0) is 84.6 Å². The molecule has 1 fully saturated rings. The summed E-state index contributed by atoms with van der Waals surface area (Å²) >= 11 is 0. The molecule has 2 atom stereocenters. The lowest BCUT2D eigenvalue weighted by Crippen LogP contribution is -2.42. The molecular formula is C56H42N6. The number of hydrogen-bond acceptors (Lipinski definition) is 2. The molecule has 6 heteroatoms. The molecule has 0 aliphatic heterocycles. The zero-order valence-electron chi connectivity index (χ0n) is 34.2. The van der Waals surface area contributed by atoms with E-state index in [2.05, 4.69) is 208 Å². The minimum atomic E-state index is -0.314. The summed E-state index contributed by atoms with van der Waals surface area (Å²) in [5, 5.41) is 13.2. The lowest BCUT2D eigenvalue weighted by Gasteiger charge is -2.36. The summed E-state index contributed by atoms with van der Waals surface area (Å²) in [5.41, 5.74) is 12.4. The van der Waals surface area contributed by atoms with Crippen LogP contribution in [0.25, 0.3) is 72.3 Å². The smallest absolute Gasteiger partial charge is 0.165 e. The van der Waals surface area contributed by atoms with E-state index in [9.17, 15) is 5.41 Å². The third-order valence-electron chi connectivity index (χ3n) is 13.0. The summed E-state index contributed by atoms with van der Waals surface area (Å²) < 4.78 is 7.06. The highest BCUT2D eigenvalue weighted by Crippen LogP contribution is 2.58. The second kappa shape index (κ2) is 14.1. The first-order valence-corrected chi connectivity index (χ1v) is 21.4. The predicted octanol–water partition coefficient (Wildman–Crippen LogP) is 13.5. The average molecular weight is 799 g/mol. The number of anilines is 1. The van der Waals surface area contributed by atoms with E-state index in [-0.39, 0.29) is 5.54 Å². The second-order valence-electron chi connectivity index (χ2n) is 16.5. The third-order valence-corrected chi connectivity index (χ3v) is 13.0. The lowest BCUT2D eigenvalue weighted by molar-refractivity contribution is 0.650. The first-order chi connectivity index (χ1) is 30.6. The van der Waals surface area contributed by atoms with Crippen molar-refractivity contribution in [3.05, 3.63) is 223 Å². The SMILES string of the molecule is CC1CC1(c1ccccc1)N(C(=N)c1ccccc1)c1ccc(-n2c3ccccc3c3cc4c(cc32)c2c(nc(-c3ccccc3)n2-c2ccccc2)n4-c2ccccc2)cc1. The van der Waals surface area contributed by atoms with Crippen LogP contribution in [0.2, 0.25) is 0 Å². The molecule has 3 heterocycles. The summed E-state index contributed by atoms with van der Waals surface area (Å²) in [6.45, 7) is 2.31. The highest BCUT2D eigenvalue weighted by molar-refractivity contribution is 6.18. The second-order valence-corrected chi connectivity index (χ2v) is 16.5. The van der Waals surface area contributed by atoms with Gasteiger partial charge in [-0.15, -0.1) is 0 Å². The fourth-order valence-electron chi connectivity index (χ4n) is 10.0. The molecule has 1 aliphatic carbocycles. The molecule has 62 heavy (non-hydrogen) atoms. The number of fused-ring (bicyclic) bond motifs is 6. The Labute approximate surface area is 359 Å². The van der Waals surface area contributed by atoms with Gasteiger partial charge in [-0.1, -0.05) is 153 Å². The number of imidazole rings is 1. The van der Waals surface area contributed by atoms with Gasteiger partial charge in [0.1, 0.15) is 17.2 Å². The molecule has 1 aliphatic rings. The van der Waals surface area contributed by atoms with Crippen LogP contribution in [0.3, 0.4) is 0 Å². The average Bonchev–Trinajstić information content (AvgIpc) is 3.57. The molecule has 2 unspecified atom stereocenters.